The highest BCUT2D eigenvalue weighted by molar-refractivity contribution is 7.18. The van der Waals surface area contributed by atoms with Crippen LogP contribution in [0.15, 0.2) is 36.7 Å². The Balaban J connectivity index is 1.05. The van der Waals surface area contributed by atoms with Gasteiger partial charge in [0.05, 0.1) is 17.9 Å². The Hall–Kier alpha value is -3.73. The Bertz CT molecular complexity index is 1630. The van der Waals surface area contributed by atoms with Gasteiger partial charge in [-0.05, 0) is 49.1 Å². The minimum atomic E-state index is -4.26. The van der Waals surface area contributed by atoms with Crippen LogP contribution >= 0.6 is 11.3 Å². The van der Waals surface area contributed by atoms with Crippen molar-refractivity contribution in [3.8, 4) is 6.07 Å². The highest BCUT2D eigenvalue weighted by Gasteiger charge is 2.29. The predicted octanol–water partition coefficient (Wildman–Crippen LogP) is 4.60. The molecular weight excluding hydrogens is 567 g/mol. The fourth-order valence-electron chi connectivity index (χ4n) is 5.73. The molecule has 5 heterocycles. The Kier molecular flexibility index (Phi) is 8.02. The molecule has 1 aromatic carbocycles. The number of aromatic nitrogens is 3. The summed E-state index contributed by atoms with van der Waals surface area (Å²) in [5, 5.41) is 17.7. The van der Waals surface area contributed by atoms with E-state index in [0.29, 0.717) is 41.2 Å². The third-order valence-corrected chi connectivity index (χ3v) is 8.86. The normalized spacial score (nSPS) is 18.8. The average Bonchev–Trinajstić information content (AvgIpc) is 3.53. The lowest BCUT2D eigenvalue weighted by atomic mass is 10.0. The second kappa shape index (κ2) is 11.9. The van der Waals surface area contributed by atoms with Crippen molar-refractivity contribution in [3.05, 3.63) is 52.8 Å². The topological polar surface area (TPSA) is 108 Å². The van der Waals surface area contributed by atoms with Crippen LogP contribution in [0.1, 0.15) is 35.4 Å². The van der Waals surface area contributed by atoms with Crippen LogP contribution in [0.2, 0.25) is 0 Å². The minimum absolute atomic E-state index is 0.0687. The van der Waals surface area contributed by atoms with E-state index in [4.69, 9.17) is 4.74 Å². The largest absolute Gasteiger partial charge is 0.393 e. The van der Waals surface area contributed by atoms with E-state index in [1.165, 1.54) is 11.9 Å². The lowest BCUT2D eigenvalue weighted by molar-refractivity contribution is -0.133. The molecule has 2 aliphatic heterocycles. The molecule has 6 rings (SSSR count). The van der Waals surface area contributed by atoms with E-state index in [-0.39, 0.29) is 29.5 Å². The van der Waals surface area contributed by atoms with Gasteiger partial charge in [0.25, 0.3) is 0 Å². The predicted molar refractivity (Wildman–Crippen MR) is 153 cm³/mol. The zero-order valence-electron chi connectivity index (χ0n) is 22.8. The number of carbonyl (C=O) groups is 1. The van der Waals surface area contributed by atoms with E-state index in [1.54, 1.807) is 6.07 Å². The number of anilines is 1. The molecule has 13 heteroatoms. The van der Waals surface area contributed by atoms with Crippen molar-refractivity contribution in [2.75, 3.05) is 31.6 Å². The Morgan fingerprint density at radius 2 is 2.02 bits per heavy atom. The Morgan fingerprint density at radius 3 is 2.76 bits per heavy atom. The maximum absolute atomic E-state index is 12.9. The molecule has 0 unspecified atom stereocenters. The molecule has 4 aromatic rings. The van der Waals surface area contributed by atoms with Crippen LogP contribution in [0.5, 0.6) is 0 Å². The van der Waals surface area contributed by atoms with Crippen LogP contribution in [-0.2, 0) is 29.0 Å². The van der Waals surface area contributed by atoms with Gasteiger partial charge in [0, 0.05) is 54.5 Å². The summed E-state index contributed by atoms with van der Waals surface area (Å²) in [6.45, 7) is 3.71. The Labute approximate surface area is 244 Å². The number of ether oxygens (including phenoxy) is 1. The number of nitriles is 1. The number of hydrogen-bond acceptors (Lipinski definition) is 8. The van der Waals surface area contributed by atoms with Gasteiger partial charge in [0.15, 0.2) is 0 Å². The summed E-state index contributed by atoms with van der Waals surface area (Å²) in [6, 6.07) is 12.3. The first-order valence-electron chi connectivity index (χ1n) is 13.9. The van der Waals surface area contributed by atoms with Gasteiger partial charge in [-0.2, -0.15) is 18.4 Å². The minimum Gasteiger partial charge on any atom is -0.367 e. The summed E-state index contributed by atoms with van der Waals surface area (Å²) in [6.07, 6.45) is -1.43. The van der Waals surface area contributed by atoms with E-state index in [9.17, 15) is 23.2 Å². The van der Waals surface area contributed by atoms with E-state index in [0.717, 1.165) is 54.7 Å². The number of amides is 1. The molecule has 0 saturated carbocycles. The van der Waals surface area contributed by atoms with Gasteiger partial charge in [-0.1, -0.05) is 6.07 Å². The monoisotopic (exact) mass is 597 g/mol. The second-order valence-electron chi connectivity index (χ2n) is 10.9. The zero-order valence-corrected chi connectivity index (χ0v) is 23.6. The van der Waals surface area contributed by atoms with Crippen LogP contribution in [-0.4, -0.2) is 69.9 Å². The number of hydrogen-bond donors (Lipinski definition) is 2. The van der Waals surface area contributed by atoms with Gasteiger partial charge in [-0.15, -0.1) is 11.3 Å². The number of carbonyl (C=O) groups excluding carboxylic acids is 1. The number of alkyl halides is 3. The SMILES string of the molecule is N#Cc1cc2cc(CN3CCC(Nc4ncnc5sc(CC(F)(F)F)cc45)CC3)ccc2n1CC[C@@H]1CNC(=O)CO1. The van der Waals surface area contributed by atoms with Gasteiger partial charge < -0.3 is 19.9 Å². The molecule has 3 aromatic heterocycles. The number of benzene rings is 1. The number of fused-ring (bicyclic) bond motifs is 2. The summed E-state index contributed by atoms with van der Waals surface area (Å²) in [5.74, 6) is 0.488. The molecule has 2 aliphatic rings. The van der Waals surface area contributed by atoms with Crippen LogP contribution < -0.4 is 10.6 Å². The zero-order chi connectivity index (χ0) is 29.3. The highest BCUT2D eigenvalue weighted by Crippen LogP contribution is 2.33. The first-order chi connectivity index (χ1) is 20.2. The van der Waals surface area contributed by atoms with Crippen molar-refractivity contribution in [2.24, 2.45) is 0 Å². The molecule has 0 radical (unpaired) electrons. The highest BCUT2D eigenvalue weighted by atomic mass is 32.1. The lowest BCUT2D eigenvalue weighted by Gasteiger charge is -2.32. The van der Waals surface area contributed by atoms with Gasteiger partial charge in [0.1, 0.15) is 35.3 Å². The molecule has 42 heavy (non-hydrogen) atoms. The van der Waals surface area contributed by atoms with Crippen molar-refractivity contribution in [1.29, 1.82) is 5.26 Å². The summed E-state index contributed by atoms with van der Waals surface area (Å²) in [7, 11) is 0. The van der Waals surface area contributed by atoms with Crippen molar-refractivity contribution in [3.63, 3.8) is 0 Å². The maximum Gasteiger partial charge on any atom is 0.393 e. The Morgan fingerprint density at radius 1 is 1.19 bits per heavy atom. The number of aryl methyl sites for hydroxylation is 1. The van der Waals surface area contributed by atoms with Crippen molar-refractivity contribution >= 4 is 44.2 Å². The van der Waals surface area contributed by atoms with Gasteiger partial charge in [-0.3, -0.25) is 9.69 Å². The quantitative estimate of drug-likeness (QED) is 0.306. The molecular formula is C29H30F3N7O2S. The summed E-state index contributed by atoms with van der Waals surface area (Å²) in [4.78, 5) is 23.0. The molecule has 220 valence electrons. The molecule has 0 spiro atoms. The first-order valence-corrected chi connectivity index (χ1v) is 14.8. The molecule has 0 aliphatic carbocycles. The van der Waals surface area contributed by atoms with E-state index in [1.807, 2.05) is 10.6 Å². The molecule has 9 nitrogen and oxygen atoms in total. The molecule has 2 saturated heterocycles. The van der Waals surface area contributed by atoms with Crippen LogP contribution in [0.4, 0.5) is 19.0 Å². The van der Waals surface area contributed by atoms with Gasteiger partial charge in [0.2, 0.25) is 5.91 Å². The summed E-state index contributed by atoms with van der Waals surface area (Å²) in [5.41, 5.74) is 2.77. The number of piperidine rings is 1. The fraction of sp³-hybridized carbons (Fsp3) is 0.448. The second-order valence-corrected chi connectivity index (χ2v) is 12.0. The first kappa shape index (κ1) is 28.4. The number of nitrogens with one attached hydrogen (secondary N) is 2. The van der Waals surface area contributed by atoms with E-state index in [2.05, 4.69) is 49.8 Å². The number of thiophene rings is 1. The lowest BCUT2D eigenvalue weighted by Crippen LogP contribution is -2.43. The van der Waals surface area contributed by atoms with Crippen LogP contribution in [0.3, 0.4) is 0 Å². The van der Waals surface area contributed by atoms with Crippen LogP contribution in [0.25, 0.3) is 21.1 Å². The smallest absolute Gasteiger partial charge is 0.367 e. The number of rotatable bonds is 8. The molecule has 2 fully saturated rings. The summed E-state index contributed by atoms with van der Waals surface area (Å²) < 4.78 is 46.2. The van der Waals surface area contributed by atoms with E-state index < -0.39 is 12.6 Å². The number of morpholine rings is 1. The van der Waals surface area contributed by atoms with Crippen molar-refractivity contribution < 1.29 is 22.7 Å². The molecule has 2 N–H and O–H groups in total. The third-order valence-electron chi connectivity index (χ3n) is 7.82. The standard InChI is InChI=1S/C29H30F3N7O2S/c30-29(31,32)12-23-11-24-27(35-17-36-28(24)42-23)37-20-3-6-38(7-4-20)15-18-1-2-25-19(9-18)10-21(13-33)39(25)8-5-22-14-34-26(40)16-41-22/h1-2,9-11,17,20,22H,3-8,12,14-16H2,(H,34,40)(H,35,36,37)/t22-/m1/s1. The fourth-order valence-corrected chi connectivity index (χ4v) is 6.76. The molecule has 0 bridgehead atoms. The average molecular weight is 598 g/mol. The maximum atomic E-state index is 12.9. The van der Waals surface area contributed by atoms with Crippen molar-refractivity contribution in [1.82, 2.24) is 24.8 Å². The van der Waals surface area contributed by atoms with Crippen molar-refractivity contribution in [2.45, 2.75) is 57.1 Å². The van der Waals surface area contributed by atoms with Gasteiger partial charge in [-0.25, -0.2) is 9.97 Å². The third kappa shape index (κ3) is 6.51. The van der Waals surface area contributed by atoms with Gasteiger partial charge >= 0.3 is 6.18 Å². The number of nitrogens with zero attached hydrogens (tertiary/aromatic N) is 5. The number of likely N-dealkylation sites (tertiary alicyclic amines) is 1. The number of halogens is 3. The molecule has 1 amide bonds. The summed E-state index contributed by atoms with van der Waals surface area (Å²) >= 11 is 1.06. The van der Waals surface area contributed by atoms with Crippen LogP contribution in [0, 0.1) is 11.3 Å². The molecule has 1 atom stereocenters. The van der Waals surface area contributed by atoms with E-state index >= 15 is 0 Å².